The molecule has 3 heterocycles. The van der Waals surface area contributed by atoms with E-state index >= 15 is 0 Å². The van der Waals surface area contributed by atoms with Gasteiger partial charge in [0.25, 0.3) is 0 Å². The van der Waals surface area contributed by atoms with E-state index in [1.165, 1.54) is 0 Å². The summed E-state index contributed by atoms with van der Waals surface area (Å²) in [4.78, 5) is 16.1. The summed E-state index contributed by atoms with van der Waals surface area (Å²) in [5.74, 6) is 2.57. The number of thiol groups is 1. The molecule has 0 radical (unpaired) electrons. The lowest BCUT2D eigenvalue weighted by molar-refractivity contribution is 0.362. The van der Waals surface area contributed by atoms with Crippen LogP contribution >= 0.6 is 12.6 Å². The van der Waals surface area contributed by atoms with Crippen LogP contribution in [0.5, 0.6) is 5.75 Å². The van der Waals surface area contributed by atoms with Crippen LogP contribution in [0.3, 0.4) is 0 Å². The highest BCUT2D eigenvalue weighted by Crippen LogP contribution is 2.43. The van der Waals surface area contributed by atoms with Gasteiger partial charge in [0.1, 0.15) is 12.4 Å². The Kier molecular flexibility index (Phi) is 8.07. The van der Waals surface area contributed by atoms with Crippen LogP contribution in [0.4, 0.5) is 0 Å². The molecule has 0 N–H and O–H groups in total. The second-order valence-corrected chi connectivity index (χ2v) is 13.1. The summed E-state index contributed by atoms with van der Waals surface area (Å²) in [5.41, 5.74) is 9.51. The highest BCUT2D eigenvalue weighted by atomic mass is 32.1. The van der Waals surface area contributed by atoms with E-state index in [4.69, 9.17) is 32.3 Å². The fraction of sp³-hybridized carbons (Fsp3) is 0.0217. The SMILES string of the molecule is C=C1/C=C\C=C/COc2ccc3c4ccccc4n(-c4cc(-c5nc(-c6ccccc6)nc(-c6ccccc6)n5)cc(-c5ccccc5S)c4)c3c21. The summed E-state index contributed by atoms with van der Waals surface area (Å²) in [7, 11) is 0. The Morgan fingerprint density at radius 1 is 0.596 bits per heavy atom. The lowest BCUT2D eigenvalue weighted by atomic mass is 10.00. The largest absolute Gasteiger partial charge is 0.489 e. The molecule has 0 bridgehead atoms. The van der Waals surface area contributed by atoms with Crippen molar-refractivity contribution in [3.63, 3.8) is 0 Å². The Balaban J connectivity index is 1.37. The molecule has 2 aromatic heterocycles. The first-order valence-corrected chi connectivity index (χ1v) is 17.6. The summed E-state index contributed by atoms with van der Waals surface area (Å²) in [5, 5.41) is 2.24. The highest BCUT2D eigenvalue weighted by molar-refractivity contribution is 7.80. The number of nitrogens with zero attached hydrogens (tertiary/aromatic N) is 4. The van der Waals surface area contributed by atoms with Crippen molar-refractivity contribution in [2.75, 3.05) is 6.61 Å². The van der Waals surface area contributed by atoms with Gasteiger partial charge in [-0.2, -0.15) is 0 Å². The maximum absolute atomic E-state index is 6.35. The molecule has 0 fully saturated rings. The third-order valence-electron chi connectivity index (χ3n) is 9.35. The minimum Gasteiger partial charge on any atom is -0.489 e. The topological polar surface area (TPSA) is 52.8 Å². The van der Waals surface area contributed by atoms with Crippen molar-refractivity contribution in [3.05, 3.63) is 176 Å². The molecule has 6 heteroatoms. The van der Waals surface area contributed by atoms with E-state index in [-0.39, 0.29) is 0 Å². The molecule has 0 spiro atoms. The summed E-state index contributed by atoms with van der Waals surface area (Å²) in [6.45, 7) is 4.98. The quantitative estimate of drug-likeness (QED) is 0.183. The fourth-order valence-electron chi connectivity index (χ4n) is 6.95. The molecule has 6 aromatic carbocycles. The molecule has 8 aromatic rings. The van der Waals surface area contributed by atoms with Gasteiger partial charge in [-0.25, -0.2) is 15.0 Å². The first kappa shape index (κ1) is 31.5. The van der Waals surface area contributed by atoms with Gasteiger partial charge in [0, 0.05) is 43.6 Å². The standard InChI is InChI=1S/C46H32N4OS/c1-30-15-5-4-14-26-51-40-25-24-38-37-21-10-12-22-39(37)50(43(38)42(30)40)35-28-33(36-20-11-13-23-41(36)52)27-34(29-35)46-48-44(31-16-6-2-7-17-31)47-45(49-46)32-18-8-3-9-19-32/h2-25,27-29,52H,1,26H2/b14-4-,15-5-. The predicted octanol–water partition coefficient (Wildman–Crippen LogP) is 11.4. The smallest absolute Gasteiger partial charge is 0.164 e. The predicted molar refractivity (Wildman–Crippen MR) is 216 cm³/mol. The van der Waals surface area contributed by atoms with E-state index in [0.29, 0.717) is 24.1 Å². The zero-order valence-corrected chi connectivity index (χ0v) is 29.0. The molecule has 1 aliphatic heterocycles. The van der Waals surface area contributed by atoms with Crippen molar-refractivity contribution in [1.29, 1.82) is 0 Å². The van der Waals surface area contributed by atoms with E-state index in [2.05, 4.69) is 71.8 Å². The van der Waals surface area contributed by atoms with E-state index in [0.717, 1.165) is 77.1 Å². The Labute approximate surface area is 307 Å². The van der Waals surface area contributed by atoms with E-state index in [1.807, 2.05) is 103 Å². The normalized spacial score (nSPS) is 13.9. The monoisotopic (exact) mass is 688 g/mol. The Morgan fingerprint density at radius 3 is 1.96 bits per heavy atom. The first-order chi connectivity index (χ1) is 25.6. The van der Waals surface area contributed by atoms with Gasteiger partial charge in [-0.1, -0.05) is 122 Å². The second kappa shape index (κ2) is 13.3. The maximum atomic E-state index is 6.35. The molecule has 9 rings (SSSR count). The summed E-state index contributed by atoms with van der Waals surface area (Å²) in [6, 6.07) is 47.5. The molecular formula is C46H32N4OS. The number of fused-ring (bicyclic) bond motifs is 5. The first-order valence-electron chi connectivity index (χ1n) is 17.1. The molecule has 248 valence electrons. The van der Waals surface area contributed by atoms with Gasteiger partial charge in [-0.05, 0) is 65.2 Å². The number of allylic oxidation sites excluding steroid dienone is 4. The Morgan fingerprint density at radius 2 is 1.23 bits per heavy atom. The number of para-hydroxylation sites is 1. The third-order valence-corrected chi connectivity index (χ3v) is 9.74. The summed E-state index contributed by atoms with van der Waals surface area (Å²) >= 11 is 4.91. The van der Waals surface area contributed by atoms with Crippen molar-refractivity contribution >= 4 is 40.0 Å². The molecule has 0 unspecified atom stereocenters. The van der Waals surface area contributed by atoms with Crippen LogP contribution in [0.2, 0.25) is 0 Å². The van der Waals surface area contributed by atoms with E-state index in [9.17, 15) is 0 Å². The van der Waals surface area contributed by atoms with Crippen LogP contribution < -0.4 is 4.74 Å². The second-order valence-electron chi connectivity index (χ2n) is 12.6. The van der Waals surface area contributed by atoms with Crippen molar-refractivity contribution in [1.82, 2.24) is 19.5 Å². The van der Waals surface area contributed by atoms with Gasteiger partial charge in [0.05, 0.1) is 11.0 Å². The van der Waals surface area contributed by atoms with Crippen molar-refractivity contribution in [2.24, 2.45) is 0 Å². The average molecular weight is 689 g/mol. The zero-order valence-electron chi connectivity index (χ0n) is 28.1. The van der Waals surface area contributed by atoms with Gasteiger partial charge in [0.2, 0.25) is 0 Å². The number of hydrogen-bond acceptors (Lipinski definition) is 5. The number of hydrogen-bond donors (Lipinski definition) is 1. The lowest BCUT2D eigenvalue weighted by Crippen LogP contribution is -2.03. The van der Waals surface area contributed by atoms with Gasteiger partial charge < -0.3 is 9.30 Å². The van der Waals surface area contributed by atoms with E-state index in [1.54, 1.807) is 0 Å². The molecule has 0 saturated carbocycles. The minimum absolute atomic E-state index is 0.460. The number of ether oxygens (including phenoxy) is 1. The van der Waals surface area contributed by atoms with Crippen LogP contribution in [0.1, 0.15) is 5.56 Å². The van der Waals surface area contributed by atoms with Gasteiger partial charge in [-0.15, -0.1) is 12.6 Å². The molecule has 0 atom stereocenters. The van der Waals surface area contributed by atoms with Crippen molar-refractivity contribution in [2.45, 2.75) is 4.90 Å². The molecule has 0 aliphatic carbocycles. The molecule has 1 aliphatic rings. The summed E-state index contributed by atoms with van der Waals surface area (Å²) in [6.07, 6.45) is 8.07. The number of benzene rings is 6. The van der Waals surface area contributed by atoms with Crippen molar-refractivity contribution in [3.8, 4) is 56.7 Å². The Hall–Kier alpha value is -6.50. The van der Waals surface area contributed by atoms with Gasteiger partial charge in [-0.3, -0.25) is 0 Å². The highest BCUT2D eigenvalue weighted by Gasteiger charge is 2.22. The number of rotatable bonds is 5. The molecule has 5 nitrogen and oxygen atoms in total. The molecule has 0 saturated heterocycles. The molecule has 52 heavy (non-hydrogen) atoms. The zero-order chi connectivity index (χ0) is 35.0. The van der Waals surface area contributed by atoms with Gasteiger partial charge >= 0.3 is 0 Å². The van der Waals surface area contributed by atoms with Crippen LogP contribution in [0, 0.1) is 0 Å². The van der Waals surface area contributed by atoms with Crippen LogP contribution in [0.25, 0.3) is 78.4 Å². The maximum Gasteiger partial charge on any atom is 0.164 e. The van der Waals surface area contributed by atoms with Crippen LogP contribution in [-0.2, 0) is 0 Å². The Bertz CT molecular complexity index is 2650. The lowest BCUT2D eigenvalue weighted by Gasteiger charge is -2.18. The molecule has 0 amide bonds. The minimum atomic E-state index is 0.460. The van der Waals surface area contributed by atoms with Crippen LogP contribution in [0.15, 0.2) is 175 Å². The van der Waals surface area contributed by atoms with Crippen LogP contribution in [-0.4, -0.2) is 26.1 Å². The summed E-state index contributed by atoms with van der Waals surface area (Å²) < 4.78 is 8.67. The third kappa shape index (κ3) is 5.69. The fourth-order valence-corrected chi connectivity index (χ4v) is 7.23. The van der Waals surface area contributed by atoms with Gasteiger partial charge in [0.15, 0.2) is 17.5 Å². The average Bonchev–Trinajstić information content (AvgIpc) is 3.57. The number of aromatic nitrogens is 4. The molecular weight excluding hydrogens is 657 g/mol. The van der Waals surface area contributed by atoms with Crippen molar-refractivity contribution < 1.29 is 4.74 Å². The van der Waals surface area contributed by atoms with E-state index < -0.39 is 0 Å².